The van der Waals surface area contributed by atoms with Crippen LogP contribution in [-0.2, 0) is 6.54 Å². The van der Waals surface area contributed by atoms with Crippen LogP contribution in [0.3, 0.4) is 0 Å². The number of rotatable bonds is 3. The lowest BCUT2D eigenvalue weighted by atomic mass is 9.85. The van der Waals surface area contributed by atoms with Gasteiger partial charge in [-0.1, -0.05) is 11.6 Å². The van der Waals surface area contributed by atoms with Gasteiger partial charge >= 0.3 is 0 Å². The van der Waals surface area contributed by atoms with Crippen LogP contribution in [0.15, 0.2) is 4.52 Å². The zero-order chi connectivity index (χ0) is 10.1. The summed E-state index contributed by atoms with van der Waals surface area (Å²) in [5.41, 5.74) is 0. The van der Waals surface area contributed by atoms with Crippen LogP contribution < -0.4 is 0 Å². The predicted octanol–water partition coefficient (Wildman–Crippen LogP) is 1.93. The molecule has 1 saturated carbocycles. The molecule has 82 valence electrons. The number of likely N-dealkylation sites (tertiary alicyclic amines) is 1. The average molecular weight is 207 g/mol. The Hall–Kier alpha value is -0.900. The summed E-state index contributed by atoms with van der Waals surface area (Å²) in [4.78, 5) is 6.86. The molecule has 3 rings (SSSR count). The molecular formula is C11H17N3O. The molecule has 0 atom stereocenters. The predicted molar refractivity (Wildman–Crippen MR) is 55.4 cm³/mol. The molecule has 1 aromatic rings. The second kappa shape index (κ2) is 3.93. The highest BCUT2D eigenvalue weighted by Crippen LogP contribution is 2.34. The molecule has 15 heavy (non-hydrogen) atoms. The average Bonchev–Trinajstić information content (AvgIpc) is 2.75. The Morgan fingerprint density at radius 2 is 2.00 bits per heavy atom. The van der Waals surface area contributed by atoms with Crippen molar-refractivity contribution in [3.8, 4) is 0 Å². The summed E-state index contributed by atoms with van der Waals surface area (Å²) in [7, 11) is 0. The molecule has 1 saturated heterocycles. The van der Waals surface area contributed by atoms with Gasteiger partial charge in [0.05, 0.1) is 6.54 Å². The van der Waals surface area contributed by atoms with Crippen molar-refractivity contribution >= 4 is 0 Å². The topological polar surface area (TPSA) is 42.2 Å². The van der Waals surface area contributed by atoms with E-state index in [2.05, 4.69) is 15.0 Å². The molecule has 2 fully saturated rings. The molecule has 1 aliphatic heterocycles. The molecule has 1 aromatic heterocycles. The largest absolute Gasteiger partial charge is 0.338 e. The highest BCUT2D eigenvalue weighted by Gasteiger charge is 2.25. The van der Waals surface area contributed by atoms with Gasteiger partial charge in [0.25, 0.3) is 0 Å². The highest BCUT2D eigenvalue weighted by atomic mass is 16.5. The Morgan fingerprint density at radius 1 is 1.20 bits per heavy atom. The number of aromatic nitrogens is 2. The zero-order valence-electron chi connectivity index (χ0n) is 8.98. The Bertz CT molecular complexity index is 326. The van der Waals surface area contributed by atoms with Gasteiger partial charge in [-0.2, -0.15) is 4.98 Å². The first-order valence-electron chi connectivity index (χ1n) is 5.96. The van der Waals surface area contributed by atoms with Crippen molar-refractivity contribution in [2.75, 3.05) is 13.1 Å². The summed E-state index contributed by atoms with van der Waals surface area (Å²) in [6.45, 7) is 3.21. The van der Waals surface area contributed by atoms with Gasteiger partial charge in [-0.15, -0.1) is 0 Å². The molecule has 4 nitrogen and oxygen atoms in total. The molecule has 4 heteroatoms. The van der Waals surface area contributed by atoms with Crippen molar-refractivity contribution in [1.29, 1.82) is 0 Å². The molecule has 2 aliphatic rings. The number of hydrogen-bond donors (Lipinski definition) is 0. The van der Waals surface area contributed by atoms with Crippen molar-refractivity contribution in [3.63, 3.8) is 0 Å². The van der Waals surface area contributed by atoms with E-state index in [1.54, 1.807) is 0 Å². The molecule has 0 radical (unpaired) electrons. The third-order valence-electron chi connectivity index (χ3n) is 3.51. The monoisotopic (exact) mass is 207 g/mol. The van der Waals surface area contributed by atoms with E-state index in [-0.39, 0.29) is 0 Å². The molecule has 0 aromatic carbocycles. The molecular weight excluding hydrogens is 190 g/mol. The smallest absolute Gasteiger partial charge is 0.240 e. The first-order chi connectivity index (χ1) is 7.42. The maximum atomic E-state index is 5.28. The summed E-state index contributed by atoms with van der Waals surface area (Å²) in [6.07, 6.45) is 6.42. The van der Waals surface area contributed by atoms with E-state index >= 15 is 0 Å². The molecule has 0 N–H and O–H groups in total. The first-order valence-corrected chi connectivity index (χ1v) is 5.96. The Balaban J connectivity index is 1.62. The van der Waals surface area contributed by atoms with Gasteiger partial charge in [-0.05, 0) is 38.8 Å². The van der Waals surface area contributed by atoms with Crippen LogP contribution in [0.1, 0.15) is 49.7 Å². The van der Waals surface area contributed by atoms with Crippen molar-refractivity contribution in [3.05, 3.63) is 11.7 Å². The fourth-order valence-electron chi connectivity index (χ4n) is 2.30. The summed E-state index contributed by atoms with van der Waals surface area (Å²) in [5, 5.41) is 4.07. The van der Waals surface area contributed by atoms with Gasteiger partial charge in [0.2, 0.25) is 5.89 Å². The maximum Gasteiger partial charge on any atom is 0.240 e. The van der Waals surface area contributed by atoms with E-state index in [1.807, 2.05) is 0 Å². The highest BCUT2D eigenvalue weighted by molar-refractivity contribution is 4.99. The third-order valence-corrected chi connectivity index (χ3v) is 3.51. The van der Waals surface area contributed by atoms with Crippen LogP contribution in [0.5, 0.6) is 0 Å². The standard InChI is InChI=1S/C11H17N3O/c1-2-7-14(6-1)8-10-12-11(13-15-10)9-4-3-5-9/h9H,1-8H2. The molecule has 0 unspecified atom stereocenters. The van der Waals surface area contributed by atoms with Crippen LogP contribution in [0.4, 0.5) is 0 Å². The van der Waals surface area contributed by atoms with Crippen LogP contribution in [-0.4, -0.2) is 28.1 Å². The van der Waals surface area contributed by atoms with Gasteiger partial charge in [-0.3, -0.25) is 4.90 Å². The Morgan fingerprint density at radius 3 is 2.67 bits per heavy atom. The lowest BCUT2D eigenvalue weighted by Gasteiger charge is -2.21. The summed E-state index contributed by atoms with van der Waals surface area (Å²) in [6, 6.07) is 0. The van der Waals surface area contributed by atoms with E-state index < -0.39 is 0 Å². The fraction of sp³-hybridized carbons (Fsp3) is 0.818. The van der Waals surface area contributed by atoms with Crippen molar-refractivity contribution < 1.29 is 4.52 Å². The maximum absolute atomic E-state index is 5.28. The van der Waals surface area contributed by atoms with Crippen LogP contribution in [0.25, 0.3) is 0 Å². The van der Waals surface area contributed by atoms with Crippen molar-refractivity contribution in [2.45, 2.75) is 44.6 Å². The van der Waals surface area contributed by atoms with Gasteiger partial charge < -0.3 is 4.52 Å². The van der Waals surface area contributed by atoms with E-state index in [4.69, 9.17) is 4.52 Å². The normalized spacial score (nSPS) is 23.2. The number of hydrogen-bond acceptors (Lipinski definition) is 4. The minimum Gasteiger partial charge on any atom is -0.338 e. The number of nitrogens with zero attached hydrogens (tertiary/aromatic N) is 3. The van der Waals surface area contributed by atoms with Gasteiger partial charge in [0.15, 0.2) is 5.82 Å². The van der Waals surface area contributed by atoms with E-state index in [1.165, 1.54) is 45.2 Å². The van der Waals surface area contributed by atoms with Gasteiger partial charge in [-0.25, -0.2) is 0 Å². The molecule has 2 heterocycles. The van der Waals surface area contributed by atoms with Gasteiger partial charge in [0.1, 0.15) is 0 Å². The van der Waals surface area contributed by atoms with E-state index in [9.17, 15) is 0 Å². The lowest BCUT2D eigenvalue weighted by molar-refractivity contribution is 0.266. The summed E-state index contributed by atoms with van der Waals surface area (Å²) < 4.78 is 5.28. The second-order valence-corrected chi connectivity index (χ2v) is 4.66. The summed E-state index contributed by atoms with van der Waals surface area (Å²) in [5.74, 6) is 2.33. The Kier molecular flexibility index (Phi) is 2.44. The van der Waals surface area contributed by atoms with Crippen LogP contribution >= 0.6 is 0 Å². The molecule has 0 spiro atoms. The summed E-state index contributed by atoms with van der Waals surface area (Å²) >= 11 is 0. The quantitative estimate of drug-likeness (QED) is 0.759. The van der Waals surface area contributed by atoms with Gasteiger partial charge in [0, 0.05) is 5.92 Å². The van der Waals surface area contributed by atoms with E-state index in [0.717, 1.165) is 18.3 Å². The van der Waals surface area contributed by atoms with E-state index in [0.29, 0.717) is 5.92 Å². The lowest BCUT2D eigenvalue weighted by Crippen LogP contribution is -2.18. The Labute approximate surface area is 89.6 Å². The fourth-order valence-corrected chi connectivity index (χ4v) is 2.30. The first kappa shape index (κ1) is 9.33. The second-order valence-electron chi connectivity index (χ2n) is 4.66. The molecule has 1 aliphatic carbocycles. The zero-order valence-corrected chi connectivity index (χ0v) is 8.98. The SMILES string of the molecule is C1CC(c2noc(CN3CCCC3)n2)C1. The third kappa shape index (κ3) is 1.91. The minimum absolute atomic E-state index is 0.584. The molecule has 0 bridgehead atoms. The van der Waals surface area contributed by atoms with Crippen LogP contribution in [0, 0.1) is 0 Å². The van der Waals surface area contributed by atoms with Crippen molar-refractivity contribution in [1.82, 2.24) is 15.0 Å². The molecule has 0 amide bonds. The van der Waals surface area contributed by atoms with Crippen molar-refractivity contribution in [2.24, 2.45) is 0 Å². The minimum atomic E-state index is 0.584. The van der Waals surface area contributed by atoms with Crippen LogP contribution in [0.2, 0.25) is 0 Å².